The van der Waals surface area contributed by atoms with Gasteiger partial charge in [0.25, 0.3) is 0 Å². The monoisotopic (exact) mass is 481 g/mol. The fourth-order valence-corrected chi connectivity index (χ4v) is 5.38. The van der Waals surface area contributed by atoms with Gasteiger partial charge in [-0.1, -0.05) is 32.6 Å². The Morgan fingerprint density at radius 1 is 1.21 bits per heavy atom. The number of rotatable bonds is 9. The zero-order valence-electron chi connectivity index (χ0n) is 20.4. The van der Waals surface area contributed by atoms with Gasteiger partial charge in [-0.3, -0.25) is 0 Å². The van der Waals surface area contributed by atoms with Crippen LogP contribution >= 0.6 is 11.3 Å². The zero-order valence-corrected chi connectivity index (χ0v) is 21.2. The number of ether oxygens (including phenoxy) is 2. The average Bonchev–Trinajstić information content (AvgIpc) is 3.46. The molecule has 1 aliphatic rings. The highest BCUT2D eigenvalue weighted by atomic mass is 32.1. The molecule has 0 aliphatic heterocycles. The third-order valence-corrected chi connectivity index (χ3v) is 7.48. The Kier molecular flexibility index (Phi) is 8.27. The Balaban J connectivity index is 1.61. The molecule has 0 saturated heterocycles. The Morgan fingerprint density at radius 3 is 2.68 bits per heavy atom. The molecule has 1 N–H and O–H groups in total. The maximum atomic E-state index is 12.4. The van der Waals surface area contributed by atoms with E-state index in [9.17, 15) is 4.79 Å². The van der Waals surface area contributed by atoms with E-state index in [0.29, 0.717) is 18.2 Å². The molecule has 0 unspecified atom stereocenters. The Hall–Kier alpha value is -2.80. The second-order valence-corrected chi connectivity index (χ2v) is 9.89. The normalized spacial score (nSPS) is 14.2. The van der Waals surface area contributed by atoms with Crippen molar-refractivity contribution >= 4 is 17.4 Å². The first kappa shape index (κ1) is 24.3. The van der Waals surface area contributed by atoms with Crippen LogP contribution in [0.3, 0.4) is 0 Å². The average molecular weight is 482 g/mol. The first-order valence-electron chi connectivity index (χ1n) is 12.3. The van der Waals surface area contributed by atoms with Gasteiger partial charge in [-0.2, -0.15) is 0 Å². The summed E-state index contributed by atoms with van der Waals surface area (Å²) in [6.45, 7) is 5.69. The maximum absolute atomic E-state index is 12.4. The van der Waals surface area contributed by atoms with Gasteiger partial charge in [0.1, 0.15) is 10.8 Å². The number of unbranched alkanes of at least 4 members (excludes halogenated alkanes) is 1. The summed E-state index contributed by atoms with van der Waals surface area (Å²) in [5.41, 5.74) is 3.96. The second kappa shape index (κ2) is 11.6. The first-order valence-corrected chi connectivity index (χ1v) is 13.2. The van der Waals surface area contributed by atoms with Crippen LogP contribution in [0.4, 0.5) is 4.79 Å². The van der Waals surface area contributed by atoms with E-state index < -0.39 is 6.09 Å². The van der Waals surface area contributed by atoms with Crippen molar-refractivity contribution in [2.45, 2.75) is 65.3 Å². The summed E-state index contributed by atoms with van der Waals surface area (Å²) >= 11 is 1.62. The highest BCUT2D eigenvalue weighted by Gasteiger charge is 2.22. The Bertz CT molecular complexity index is 1080. The van der Waals surface area contributed by atoms with E-state index in [0.717, 1.165) is 52.8 Å². The molecule has 4 rings (SSSR count). The van der Waals surface area contributed by atoms with Crippen molar-refractivity contribution in [2.75, 3.05) is 13.7 Å². The van der Waals surface area contributed by atoms with E-state index in [1.165, 1.54) is 32.1 Å². The molecular weight excluding hydrogens is 446 g/mol. The van der Waals surface area contributed by atoms with Crippen molar-refractivity contribution in [3.8, 4) is 33.5 Å². The fraction of sp³-hybridized carbons (Fsp3) is 0.481. The van der Waals surface area contributed by atoms with Crippen LogP contribution in [0, 0.1) is 12.8 Å². The molecule has 182 valence electrons. The predicted molar refractivity (Wildman–Crippen MR) is 138 cm³/mol. The first-order chi connectivity index (χ1) is 16.6. The van der Waals surface area contributed by atoms with Crippen LogP contribution in [0.5, 0.6) is 11.5 Å². The molecule has 1 saturated carbocycles. The van der Waals surface area contributed by atoms with Gasteiger partial charge in [0.2, 0.25) is 0 Å². The second-order valence-electron chi connectivity index (χ2n) is 9.03. The maximum Gasteiger partial charge on any atom is 0.412 e. The summed E-state index contributed by atoms with van der Waals surface area (Å²) < 4.78 is 13.3. The minimum atomic E-state index is -0.393. The summed E-state index contributed by atoms with van der Waals surface area (Å²) in [5.74, 6) is 2.08. The molecule has 1 fully saturated rings. The molecule has 2 aromatic heterocycles. The van der Waals surface area contributed by atoms with Gasteiger partial charge in [-0.05, 0) is 56.4 Å². The molecule has 0 bridgehead atoms. The van der Waals surface area contributed by atoms with Crippen LogP contribution in [0.1, 0.15) is 57.6 Å². The molecule has 1 aliphatic carbocycles. The van der Waals surface area contributed by atoms with E-state index in [2.05, 4.69) is 22.2 Å². The number of amides is 1. The van der Waals surface area contributed by atoms with Crippen molar-refractivity contribution in [2.24, 2.45) is 5.92 Å². The lowest BCUT2D eigenvalue weighted by Gasteiger charge is -2.24. The summed E-state index contributed by atoms with van der Waals surface area (Å²) in [6.07, 6.45) is 7.99. The van der Waals surface area contributed by atoms with Crippen molar-refractivity contribution in [1.29, 1.82) is 0 Å². The molecule has 0 radical (unpaired) electrons. The molecule has 6 nitrogen and oxygen atoms in total. The molecular formula is C27H35N3O3S. The van der Waals surface area contributed by atoms with Crippen molar-refractivity contribution in [1.82, 2.24) is 14.9 Å². The minimum Gasteiger partial charge on any atom is -0.497 e. The van der Waals surface area contributed by atoms with Crippen LogP contribution in [0.25, 0.3) is 22.0 Å². The van der Waals surface area contributed by atoms with Crippen molar-refractivity contribution in [3.05, 3.63) is 41.4 Å². The Morgan fingerprint density at radius 2 is 1.97 bits per heavy atom. The molecule has 0 spiro atoms. The standard InChI is InChI=1S/C27H35N3O3S/c1-4-5-15-28-27(31)33-25-16-24(30(19(25)2)17-20-9-7-6-8-10-20)23-18-34-26(29-23)21-11-13-22(32-3)14-12-21/h11-14,16,18,20H,4-10,15,17H2,1-3H3,(H,28,31). The highest BCUT2D eigenvalue weighted by Crippen LogP contribution is 2.36. The summed E-state index contributed by atoms with van der Waals surface area (Å²) in [4.78, 5) is 17.3. The van der Waals surface area contributed by atoms with E-state index in [1.807, 2.05) is 37.3 Å². The number of aromatic nitrogens is 2. The summed E-state index contributed by atoms with van der Waals surface area (Å²) in [5, 5.41) is 5.90. The lowest BCUT2D eigenvalue weighted by molar-refractivity contribution is 0.200. The summed E-state index contributed by atoms with van der Waals surface area (Å²) in [6, 6.07) is 9.95. The minimum absolute atomic E-state index is 0.393. The molecule has 3 aromatic rings. The van der Waals surface area contributed by atoms with E-state index in [4.69, 9.17) is 14.5 Å². The lowest BCUT2D eigenvalue weighted by Crippen LogP contribution is -2.27. The van der Waals surface area contributed by atoms with Gasteiger partial charge < -0.3 is 19.4 Å². The van der Waals surface area contributed by atoms with Crippen LogP contribution in [-0.4, -0.2) is 29.3 Å². The number of carbonyl (C=O) groups is 1. The van der Waals surface area contributed by atoms with Gasteiger partial charge in [0, 0.05) is 30.1 Å². The molecule has 0 atom stereocenters. The number of nitrogens with one attached hydrogen (secondary N) is 1. The van der Waals surface area contributed by atoms with E-state index in [1.54, 1.807) is 18.4 Å². The number of hydrogen-bond donors (Lipinski definition) is 1. The largest absolute Gasteiger partial charge is 0.497 e. The van der Waals surface area contributed by atoms with Crippen LogP contribution < -0.4 is 14.8 Å². The van der Waals surface area contributed by atoms with Gasteiger partial charge in [0.15, 0.2) is 5.75 Å². The van der Waals surface area contributed by atoms with E-state index in [-0.39, 0.29) is 0 Å². The fourth-order valence-electron chi connectivity index (χ4n) is 4.56. The number of thiazole rings is 1. The number of methoxy groups -OCH3 is 1. The SMILES string of the molecule is CCCCNC(=O)Oc1cc(-c2csc(-c3ccc(OC)cc3)n2)n(CC2CCCCC2)c1C. The van der Waals surface area contributed by atoms with Crippen molar-refractivity contribution < 1.29 is 14.3 Å². The zero-order chi connectivity index (χ0) is 23.9. The van der Waals surface area contributed by atoms with Gasteiger partial charge >= 0.3 is 6.09 Å². The molecule has 1 aromatic carbocycles. The van der Waals surface area contributed by atoms with Crippen LogP contribution in [0.15, 0.2) is 35.7 Å². The third-order valence-electron chi connectivity index (χ3n) is 6.59. The molecule has 2 heterocycles. The van der Waals surface area contributed by atoms with Crippen LogP contribution in [0.2, 0.25) is 0 Å². The smallest absolute Gasteiger partial charge is 0.412 e. The third kappa shape index (κ3) is 5.81. The number of nitrogens with zero attached hydrogens (tertiary/aromatic N) is 2. The summed E-state index contributed by atoms with van der Waals surface area (Å²) in [7, 11) is 1.67. The number of benzene rings is 1. The molecule has 1 amide bonds. The molecule has 7 heteroatoms. The number of carbonyl (C=O) groups excluding carboxylic acids is 1. The quantitative estimate of drug-likeness (QED) is 0.332. The molecule has 34 heavy (non-hydrogen) atoms. The number of hydrogen-bond acceptors (Lipinski definition) is 5. The predicted octanol–water partition coefficient (Wildman–Crippen LogP) is 7.06. The van der Waals surface area contributed by atoms with Crippen molar-refractivity contribution in [3.63, 3.8) is 0 Å². The van der Waals surface area contributed by atoms with E-state index >= 15 is 0 Å². The van der Waals surface area contributed by atoms with Gasteiger partial charge in [0.05, 0.1) is 24.2 Å². The van der Waals surface area contributed by atoms with Crippen LogP contribution in [-0.2, 0) is 6.54 Å². The Labute approximate surface area is 206 Å². The highest BCUT2D eigenvalue weighted by molar-refractivity contribution is 7.13. The topological polar surface area (TPSA) is 65.4 Å². The van der Waals surface area contributed by atoms with Gasteiger partial charge in [-0.25, -0.2) is 9.78 Å². The lowest BCUT2D eigenvalue weighted by atomic mass is 9.89. The van der Waals surface area contributed by atoms with Gasteiger partial charge in [-0.15, -0.1) is 11.3 Å².